The molecule has 0 bridgehead atoms. The lowest BCUT2D eigenvalue weighted by Gasteiger charge is -2.09. The number of benzene rings is 1. The van der Waals surface area contributed by atoms with Crippen LogP contribution >= 0.6 is 15.9 Å². The maximum Gasteiger partial charge on any atom is 0.338 e. The Kier molecular flexibility index (Phi) is 4.32. The van der Waals surface area contributed by atoms with E-state index in [2.05, 4.69) is 20.7 Å². The predicted octanol–water partition coefficient (Wildman–Crippen LogP) is 2.25. The van der Waals surface area contributed by atoms with Crippen LogP contribution < -0.4 is 4.74 Å². The van der Waals surface area contributed by atoms with Crippen molar-refractivity contribution in [2.45, 2.75) is 5.33 Å². The van der Waals surface area contributed by atoms with Crippen molar-refractivity contribution in [1.82, 2.24) is 0 Å². The second-order valence-electron chi connectivity index (χ2n) is 2.94. The van der Waals surface area contributed by atoms with Crippen LogP contribution in [0.5, 0.6) is 5.75 Å². The second-order valence-corrected chi connectivity index (χ2v) is 3.50. The summed E-state index contributed by atoms with van der Waals surface area (Å²) >= 11 is 3.27. The molecule has 0 aromatic heterocycles. The molecule has 1 rings (SSSR count). The molecule has 4 nitrogen and oxygen atoms in total. The van der Waals surface area contributed by atoms with Gasteiger partial charge in [-0.05, 0) is 12.1 Å². The van der Waals surface area contributed by atoms with Crippen LogP contribution in [0.25, 0.3) is 0 Å². The number of alkyl halides is 1. The van der Waals surface area contributed by atoms with E-state index in [1.807, 2.05) is 6.07 Å². The number of ether oxygens (including phenoxy) is 2. The first-order chi connectivity index (χ1) is 7.67. The number of carbonyl (C=O) groups excluding carboxylic acids is 1. The maximum atomic E-state index is 11.4. The second kappa shape index (κ2) is 5.52. The summed E-state index contributed by atoms with van der Waals surface area (Å²) in [6.45, 7) is 0. The normalized spacial score (nSPS) is 9.38. The van der Waals surface area contributed by atoms with Gasteiger partial charge in [-0.2, -0.15) is 5.26 Å². The monoisotopic (exact) mass is 283 g/mol. The highest BCUT2D eigenvalue weighted by Crippen LogP contribution is 2.26. The first-order valence-corrected chi connectivity index (χ1v) is 5.55. The molecule has 5 heteroatoms. The molecule has 0 saturated carbocycles. The Morgan fingerprint density at radius 2 is 2.19 bits per heavy atom. The topological polar surface area (TPSA) is 59.3 Å². The number of rotatable bonds is 3. The molecule has 0 aliphatic heterocycles. The average Bonchev–Trinajstić information content (AvgIpc) is 2.35. The first-order valence-electron chi connectivity index (χ1n) is 4.43. The smallest absolute Gasteiger partial charge is 0.338 e. The van der Waals surface area contributed by atoms with Gasteiger partial charge in [0.1, 0.15) is 5.75 Å². The van der Waals surface area contributed by atoms with Crippen LogP contribution in [0.3, 0.4) is 0 Å². The maximum absolute atomic E-state index is 11.4. The van der Waals surface area contributed by atoms with Gasteiger partial charge in [0.25, 0.3) is 0 Å². The van der Waals surface area contributed by atoms with Gasteiger partial charge in [0.05, 0.1) is 31.4 Å². The highest BCUT2D eigenvalue weighted by atomic mass is 79.9. The molecular weight excluding hydrogens is 274 g/mol. The number of nitriles is 1. The highest BCUT2D eigenvalue weighted by molar-refractivity contribution is 9.08. The number of hydrogen-bond donors (Lipinski definition) is 0. The summed E-state index contributed by atoms with van der Waals surface area (Å²) in [5.74, 6) is 0.00671. The molecule has 0 fully saturated rings. The van der Waals surface area contributed by atoms with Crippen molar-refractivity contribution in [3.8, 4) is 11.8 Å². The summed E-state index contributed by atoms with van der Waals surface area (Å²) in [6.07, 6.45) is 0. The van der Waals surface area contributed by atoms with Gasteiger partial charge in [-0.1, -0.05) is 15.9 Å². The summed E-state index contributed by atoms with van der Waals surface area (Å²) < 4.78 is 9.72. The van der Waals surface area contributed by atoms with Crippen LogP contribution in [0.15, 0.2) is 12.1 Å². The molecule has 0 saturated heterocycles. The van der Waals surface area contributed by atoms with E-state index in [0.717, 1.165) is 5.56 Å². The minimum atomic E-state index is -0.490. The fraction of sp³-hybridized carbons (Fsp3) is 0.273. The van der Waals surface area contributed by atoms with Crippen molar-refractivity contribution in [2.24, 2.45) is 0 Å². The van der Waals surface area contributed by atoms with E-state index in [1.54, 1.807) is 6.07 Å². The van der Waals surface area contributed by atoms with Crippen molar-refractivity contribution in [1.29, 1.82) is 5.26 Å². The number of carbonyl (C=O) groups is 1. The summed E-state index contributed by atoms with van der Waals surface area (Å²) in [4.78, 5) is 11.4. The van der Waals surface area contributed by atoms with Gasteiger partial charge in [-0.3, -0.25) is 0 Å². The fourth-order valence-corrected chi connectivity index (χ4v) is 1.88. The summed E-state index contributed by atoms with van der Waals surface area (Å²) in [5, 5.41) is 9.46. The third-order valence-corrected chi connectivity index (χ3v) is 2.66. The minimum absolute atomic E-state index is 0.306. The molecule has 0 aliphatic carbocycles. The first kappa shape index (κ1) is 12.5. The molecule has 0 aliphatic rings. The quantitative estimate of drug-likeness (QED) is 0.631. The van der Waals surface area contributed by atoms with E-state index >= 15 is 0 Å². The van der Waals surface area contributed by atoms with Gasteiger partial charge in [0, 0.05) is 10.9 Å². The number of esters is 1. The zero-order valence-corrected chi connectivity index (χ0v) is 10.5. The molecule has 0 amide bonds. The molecule has 1 aromatic rings. The summed E-state index contributed by atoms with van der Waals surface area (Å²) in [7, 11) is 2.78. The summed E-state index contributed by atoms with van der Waals surface area (Å²) in [5.41, 5.74) is 1.43. The van der Waals surface area contributed by atoms with Crippen molar-refractivity contribution < 1.29 is 14.3 Å². The zero-order chi connectivity index (χ0) is 12.1. The van der Waals surface area contributed by atoms with Gasteiger partial charge in [0.15, 0.2) is 0 Å². The number of methoxy groups -OCH3 is 2. The predicted molar refractivity (Wildman–Crippen MR) is 61.7 cm³/mol. The Hall–Kier alpha value is -1.54. The van der Waals surface area contributed by atoms with Gasteiger partial charge in [0.2, 0.25) is 0 Å². The van der Waals surface area contributed by atoms with Crippen LogP contribution in [0.1, 0.15) is 21.5 Å². The van der Waals surface area contributed by atoms with E-state index in [0.29, 0.717) is 22.2 Å². The molecule has 0 heterocycles. The van der Waals surface area contributed by atoms with Gasteiger partial charge < -0.3 is 9.47 Å². The van der Waals surface area contributed by atoms with E-state index in [-0.39, 0.29) is 0 Å². The third-order valence-electron chi connectivity index (χ3n) is 2.10. The Morgan fingerprint density at radius 3 is 2.62 bits per heavy atom. The number of halogens is 1. The van der Waals surface area contributed by atoms with E-state index in [4.69, 9.17) is 10.00 Å². The largest absolute Gasteiger partial charge is 0.496 e. The Morgan fingerprint density at radius 1 is 1.50 bits per heavy atom. The van der Waals surface area contributed by atoms with E-state index in [1.165, 1.54) is 20.3 Å². The molecule has 84 valence electrons. The average molecular weight is 284 g/mol. The van der Waals surface area contributed by atoms with Crippen LogP contribution in [-0.4, -0.2) is 20.2 Å². The van der Waals surface area contributed by atoms with Gasteiger partial charge in [-0.25, -0.2) is 4.79 Å². The lowest BCUT2D eigenvalue weighted by Crippen LogP contribution is -2.04. The molecule has 0 spiro atoms. The fourth-order valence-electron chi connectivity index (χ4n) is 1.30. The number of hydrogen-bond acceptors (Lipinski definition) is 4. The van der Waals surface area contributed by atoms with Crippen LogP contribution in [0.4, 0.5) is 0 Å². The highest BCUT2D eigenvalue weighted by Gasteiger charge is 2.14. The standard InChI is InChI=1S/C11H10BrNO3/c1-15-10-4-7(11(14)16-2)3-8(6-13)9(10)5-12/h3-4H,5H2,1-2H3. The molecule has 0 unspecified atom stereocenters. The number of nitrogens with zero attached hydrogens (tertiary/aromatic N) is 1. The SMILES string of the molecule is COC(=O)c1cc(C#N)c(CBr)c(OC)c1. The molecular formula is C11H10BrNO3. The minimum Gasteiger partial charge on any atom is -0.496 e. The lowest BCUT2D eigenvalue weighted by atomic mass is 10.0. The van der Waals surface area contributed by atoms with Gasteiger partial charge in [-0.15, -0.1) is 0 Å². The molecule has 1 aromatic carbocycles. The molecule has 0 atom stereocenters. The van der Waals surface area contributed by atoms with Crippen LogP contribution in [0.2, 0.25) is 0 Å². The van der Waals surface area contributed by atoms with E-state index in [9.17, 15) is 4.79 Å². The zero-order valence-electron chi connectivity index (χ0n) is 8.91. The van der Waals surface area contributed by atoms with Crippen molar-refractivity contribution >= 4 is 21.9 Å². The van der Waals surface area contributed by atoms with Crippen molar-refractivity contribution in [2.75, 3.05) is 14.2 Å². The van der Waals surface area contributed by atoms with Crippen LogP contribution in [-0.2, 0) is 10.1 Å². The summed E-state index contributed by atoms with van der Waals surface area (Å²) in [6, 6.07) is 5.07. The van der Waals surface area contributed by atoms with Crippen molar-refractivity contribution in [3.05, 3.63) is 28.8 Å². The van der Waals surface area contributed by atoms with Crippen molar-refractivity contribution in [3.63, 3.8) is 0 Å². The lowest BCUT2D eigenvalue weighted by molar-refractivity contribution is 0.0600. The molecule has 0 N–H and O–H groups in total. The Bertz CT molecular complexity index is 451. The Labute approximate surface area is 102 Å². The molecule has 16 heavy (non-hydrogen) atoms. The van der Waals surface area contributed by atoms with E-state index < -0.39 is 5.97 Å². The Balaban J connectivity index is 3.38. The van der Waals surface area contributed by atoms with Gasteiger partial charge >= 0.3 is 5.97 Å². The molecule has 0 radical (unpaired) electrons. The third kappa shape index (κ3) is 2.34. The van der Waals surface area contributed by atoms with Crippen LogP contribution in [0, 0.1) is 11.3 Å².